The van der Waals surface area contributed by atoms with Gasteiger partial charge in [-0.3, -0.25) is 9.89 Å². The van der Waals surface area contributed by atoms with Crippen LogP contribution in [0.25, 0.3) is 22.0 Å². The third-order valence-corrected chi connectivity index (χ3v) is 6.40. The van der Waals surface area contributed by atoms with Crippen LogP contribution in [0.4, 0.5) is 36.8 Å². The largest absolute Gasteiger partial charge is 0.416 e. The molecule has 0 bridgehead atoms. The summed E-state index contributed by atoms with van der Waals surface area (Å²) in [6.45, 7) is 1.38. The van der Waals surface area contributed by atoms with E-state index < -0.39 is 47.0 Å². The Balaban J connectivity index is 1.56. The number of urea groups is 1. The summed E-state index contributed by atoms with van der Waals surface area (Å²) in [5.74, 6) is -0.770. The summed E-state index contributed by atoms with van der Waals surface area (Å²) in [4.78, 5) is 25.6. The first-order chi connectivity index (χ1) is 18.8. The average Bonchev–Trinajstić information content (AvgIpc) is 3.35. The highest BCUT2D eigenvalue weighted by atomic mass is 19.4. The number of anilines is 1. The zero-order valence-electron chi connectivity index (χ0n) is 20.5. The number of rotatable bonds is 4. The number of nitrogens with one attached hydrogen (secondary N) is 4. The second kappa shape index (κ2) is 9.74. The zero-order chi connectivity index (χ0) is 28.8. The van der Waals surface area contributed by atoms with Gasteiger partial charge >= 0.3 is 18.4 Å². The van der Waals surface area contributed by atoms with Crippen LogP contribution in [0.15, 0.2) is 78.1 Å². The van der Waals surface area contributed by atoms with Crippen LogP contribution in [-0.4, -0.2) is 22.1 Å². The molecule has 0 saturated carbocycles. The van der Waals surface area contributed by atoms with Crippen LogP contribution in [0, 0.1) is 0 Å². The third-order valence-electron chi connectivity index (χ3n) is 6.40. The molecule has 4 aromatic rings. The first kappa shape index (κ1) is 26.8. The van der Waals surface area contributed by atoms with Gasteiger partial charge < -0.3 is 16.0 Å². The standard InChI is InChI=1S/C27H19F6N5O2/c1-13-22(24(39)36-18-6-8-21-16(10-18)12-34-38-21)23(37-25(40)35-13)19-7-5-15(11-20(19)27(31,32)33)14-3-2-4-17(9-14)26(28,29)30/h2-12,23H,1H3,(H,34,38)(H,36,39)(H2,35,37,40). The van der Waals surface area contributed by atoms with E-state index in [0.29, 0.717) is 22.7 Å². The minimum atomic E-state index is -4.97. The van der Waals surface area contributed by atoms with E-state index in [1.165, 1.54) is 25.3 Å². The van der Waals surface area contributed by atoms with Crippen molar-refractivity contribution >= 4 is 28.5 Å². The van der Waals surface area contributed by atoms with Crippen molar-refractivity contribution in [1.29, 1.82) is 0 Å². The monoisotopic (exact) mass is 559 g/mol. The first-order valence-corrected chi connectivity index (χ1v) is 11.7. The van der Waals surface area contributed by atoms with Crippen LogP contribution < -0.4 is 16.0 Å². The van der Waals surface area contributed by atoms with Gasteiger partial charge in [0.2, 0.25) is 0 Å². The van der Waals surface area contributed by atoms with Crippen LogP contribution in [-0.2, 0) is 17.1 Å². The molecule has 3 amide bonds. The molecule has 1 atom stereocenters. The topological polar surface area (TPSA) is 98.9 Å². The molecule has 40 heavy (non-hydrogen) atoms. The second-order valence-corrected chi connectivity index (χ2v) is 9.07. The van der Waals surface area contributed by atoms with E-state index in [9.17, 15) is 35.9 Å². The summed E-state index contributed by atoms with van der Waals surface area (Å²) in [5, 5.41) is 14.7. The number of alkyl halides is 6. The lowest BCUT2D eigenvalue weighted by atomic mass is 9.89. The molecule has 1 aromatic heterocycles. The molecule has 0 spiro atoms. The Hall–Kier alpha value is -4.81. The number of aromatic nitrogens is 2. The quantitative estimate of drug-likeness (QED) is 0.214. The fourth-order valence-electron chi connectivity index (χ4n) is 4.56. The fourth-order valence-corrected chi connectivity index (χ4v) is 4.56. The van der Waals surface area contributed by atoms with Gasteiger partial charge in [-0.25, -0.2) is 4.79 Å². The molecule has 1 aliphatic rings. The highest BCUT2D eigenvalue weighted by Gasteiger charge is 2.40. The molecule has 5 rings (SSSR count). The number of aromatic amines is 1. The van der Waals surface area contributed by atoms with Crippen molar-refractivity contribution in [3.8, 4) is 11.1 Å². The third kappa shape index (κ3) is 5.22. The Bertz CT molecular complexity index is 1670. The number of fused-ring (bicyclic) bond motifs is 1. The molecule has 1 unspecified atom stereocenters. The lowest BCUT2D eigenvalue weighted by Crippen LogP contribution is -2.46. The highest BCUT2D eigenvalue weighted by Crippen LogP contribution is 2.41. The van der Waals surface area contributed by atoms with Crippen LogP contribution in [0.2, 0.25) is 0 Å². The second-order valence-electron chi connectivity index (χ2n) is 9.07. The van der Waals surface area contributed by atoms with Gasteiger partial charge in [0.05, 0.1) is 34.5 Å². The van der Waals surface area contributed by atoms with Crippen LogP contribution >= 0.6 is 0 Å². The number of carbonyl (C=O) groups excluding carboxylic acids is 2. The van der Waals surface area contributed by atoms with E-state index in [4.69, 9.17) is 0 Å². The van der Waals surface area contributed by atoms with Gasteiger partial charge in [-0.2, -0.15) is 31.4 Å². The summed E-state index contributed by atoms with van der Waals surface area (Å²) in [6.07, 6.45) is -8.12. The van der Waals surface area contributed by atoms with E-state index in [1.54, 1.807) is 18.2 Å². The molecule has 2 heterocycles. The summed E-state index contributed by atoms with van der Waals surface area (Å²) < 4.78 is 82.5. The van der Waals surface area contributed by atoms with Crippen molar-refractivity contribution in [2.24, 2.45) is 0 Å². The van der Waals surface area contributed by atoms with Crippen LogP contribution in [0.3, 0.4) is 0 Å². The summed E-state index contributed by atoms with van der Waals surface area (Å²) in [7, 11) is 0. The van der Waals surface area contributed by atoms with Crippen LogP contribution in [0.5, 0.6) is 0 Å². The molecule has 13 heteroatoms. The Kier molecular flexibility index (Phi) is 6.52. The van der Waals surface area contributed by atoms with Gasteiger partial charge in [0, 0.05) is 16.8 Å². The molecule has 0 saturated heterocycles. The predicted octanol–water partition coefficient (Wildman–Crippen LogP) is 6.53. The van der Waals surface area contributed by atoms with Gasteiger partial charge in [-0.1, -0.05) is 24.3 Å². The minimum absolute atomic E-state index is 0.0331. The van der Waals surface area contributed by atoms with E-state index >= 15 is 0 Å². The Labute approximate surface area is 222 Å². The number of carbonyl (C=O) groups is 2. The number of benzene rings is 3. The SMILES string of the molecule is CC1=C(C(=O)Nc2ccc3[nH]ncc3c2)C(c2ccc(-c3cccc(C(F)(F)F)c3)cc2C(F)(F)F)NC(=O)N1. The van der Waals surface area contributed by atoms with E-state index in [2.05, 4.69) is 26.1 Å². The highest BCUT2D eigenvalue weighted by molar-refractivity contribution is 6.07. The van der Waals surface area contributed by atoms with Crippen molar-refractivity contribution in [2.45, 2.75) is 25.3 Å². The number of H-pyrrole nitrogens is 1. The smallest absolute Gasteiger partial charge is 0.327 e. The summed E-state index contributed by atoms with van der Waals surface area (Å²) >= 11 is 0. The zero-order valence-corrected chi connectivity index (χ0v) is 20.5. The Morgan fingerprint density at radius 1 is 0.925 bits per heavy atom. The minimum Gasteiger partial charge on any atom is -0.327 e. The van der Waals surface area contributed by atoms with Crippen LogP contribution in [0.1, 0.15) is 29.7 Å². The van der Waals surface area contributed by atoms with Crippen molar-refractivity contribution < 1.29 is 35.9 Å². The molecular formula is C27H19F6N5O2. The molecule has 0 fully saturated rings. The molecule has 3 aromatic carbocycles. The molecule has 0 radical (unpaired) electrons. The maximum atomic E-state index is 14.3. The molecule has 4 N–H and O–H groups in total. The number of halogens is 6. The average molecular weight is 559 g/mol. The summed E-state index contributed by atoms with van der Waals surface area (Å²) in [5.41, 5.74) is -1.99. The Morgan fingerprint density at radius 3 is 2.40 bits per heavy atom. The van der Waals surface area contributed by atoms with Gasteiger partial charge in [0.15, 0.2) is 0 Å². The van der Waals surface area contributed by atoms with Crippen molar-refractivity contribution in [3.63, 3.8) is 0 Å². The molecule has 7 nitrogen and oxygen atoms in total. The van der Waals surface area contributed by atoms with Gasteiger partial charge in [-0.15, -0.1) is 0 Å². The van der Waals surface area contributed by atoms with Gasteiger partial charge in [-0.05, 0) is 60.0 Å². The van der Waals surface area contributed by atoms with Crippen molar-refractivity contribution in [3.05, 3.63) is 94.8 Å². The number of hydrogen-bond acceptors (Lipinski definition) is 3. The van der Waals surface area contributed by atoms with Gasteiger partial charge in [0.25, 0.3) is 5.91 Å². The van der Waals surface area contributed by atoms with Crippen molar-refractivity contribution in [2.75, 3.05) is 5.32 Å². The normalized spacial score (nSPS) is 16.1. The number of hydrogen-bond donors (Lipinski definition) is 4. The molecule has 1 aliphatic heterocycles. The maximum absolute atomic E-state index is 14.3. The van der Waals surface area contributed by atoms with E-state index in [-0.39, 0.29) is 22.4 Å². The summed E-state index contributed by atoms with van der Waals surface area (Å²) in [6, 6.07) is 9.40. The first-order valence-electron chi connectivity index (χ1n) is 11.7. The number of nitrogens with zero attached hydrogens (tertiary/aromatic N) is 1. The number of allylic oxidation sites excluding steroid dienone is 1. The van der Waals surface area contributed by atoms with E-state index in [0.717, 1.165) is 24.3 Å². The lowest BCUT2D eigenvalue weighted by molar-refractivity contribution is -0.139. The predicted molar refractivity (Wildman–Crippen MR) is 134 cm³/mol. The lowest BCUT2D eigenvalue weighted by Gasteiger charge is -2.30. The van der Waals surface area contributed by atoms with E-state index in [1.807, 2.05) is 0 Å². The molecule has 206 valence electrons. The Morgan fingerprint density at radius 2 is 1.68 bits per heavy atom. The van der Waals surface area contributed by atoms with Crippen molar-refractivity contribution in [1.82, 2.24) is 20.8 Å². The number of amides is 3. The van der Waals surface area contributed by atoms with Gasteiger partial charge in [0.1, 0.15) is 0 Å². The molecular weight excluding hydrogens is 540 g/mol. The fraction of sp³-hybridized carbons (Fsp3) is 0.148. The maximum Gasteiger partial charge on any atom is 0.416 e. The molecule has 0 aliphatic carbocycles.